The van der Waals surface area contributed by atoms with E-state index in [1.807, 2.05) is 0 Å². The lowest BCUT2D eigenvalue weighted by Crippen LogP contribution is -2.41. The van der Waals surface area contributed by atoms with Gasteiger partial charge in [0.25, 0.3) is 5.91 Å². The van der Waals surface area contributed by atoms with Crippen LogP contribution in [0.15, 0.2) is 66.9 Å². The van der Waals surface area contributed by atoms with Crippen LogP contribution in [0.1, 0.15) is 45.7 Å². The number of carbonyl (C=O) groups is 2. The van der Waals surface area contributed by atoms with Crippen LogP contribution in [0.25, 0.3) is 22.0 Å². The first-order valence-electron chi connectivity index (χ1n) is 10.5. The Hall–Kier alpha value is -4.14. The number of carboxylic acids is 1. The van der Waals surface area contributed by atoms with Crippen molar-refractivity contribution in [1.82, 2.24) is 10.3 Å². The summed E-state index contributed by atoms with van der Waals surface area (Å²) in [5.41, 5.74) is 0.0689. The minimum atomic E-state index is -4.48. The van der Waals surface area contributed by atoms with Crippen LogP contribution >= 0.6 is 0 Å². The van der Waals surface area contributed by atoms with Crippen LogP contribution in [0.2, 0.25) is 0 Å². The zero-order valence-electron chi connectivity index (χ0n) is 18.6. The number of halogens is 4. The number of carboxylic acid groups (broad SMARTS) is 1. The van der Waals surface area contributed by atoms with Crippen molar-refractivity contribution in [3.8, 4) is 11.1 Å². The molecule has 4 rings (SSSR count). The van der Waals surface area contributed by atoms with E-state index >= 15 is 0 Å². The minimum Gasteiger partial charge on any atom is -0.478 e. The number of aromatic amines is 1. The Bertz CT molecular complexity index is 1420. The third-order valence-electron chi connectivity index (χ3n) is 5.81. The van der Waals surface area contributed by atoms with Gasteiger partial charge in [-0.2, -0.15) is 13.2 Å². The average Bonchev–Trinajstić information content (AvgIpc) is 3.23. The van der Waals surface area contributed by atoms with E-state index in [-0.39, 0.29) is 16.6 Å². The van der Waals surface area contributed by atoms with Crippen molar-refractivity contribution in [2.24, 2.45) is 0 Å². The quantitative estimate of drug-likeness (QED) is 0.289. The molecule has 0 spiro atoms. The molecule has 0 atom stereocenters. The van der Waals surface area contributed by atoms with Crippen molar-refractivity contribution in [2.45, 2.75) is 25.6 Å². The van der Waals surface area contributed by atoms with Gasteiger partial charge in [0.1, 0.15) is 5.82 Å². The lowest BCUT2D eigenvalue weighted by molar-refractivity contribution is -0.137. The van der Waals surface area contributed by atoms with E-state index in [0.717, 1.165) is 18.2 Å². The molecule has 0 aliphatic carbocycles. The summed E-state index contributed by atoms with van der Waals surface area (Å²) in [5.74, 6) is -2.33. The summed E-state index contributed by atoms with van der Waals surface area (Å²) in [4.78, 5) is 26.9. The number of aromatic carboxylic acids is 1. The molecule has 1 amide bonds. The highest BCUT2D eigenvalue weighted by molar-refractivity contribution is 6.03. The molecule has 4 aromatic rings. The Balaban J connectivity index is 1.65. The lowest BCUT2D eigenvalue weighted by atomic mass is 9.92. The number of hydrogen-bond donors (Lipinski definition) is 3. The predicted molar refractivity (Wildman–Crippen MR) is 123 cm³/mol. The molecule has 0 saturated heterocycles. The minimum absolute atomic E-state index is 0.0259. The molecule has 3 aromatic carbocycles. The average molecular weight is 484 g/mol. The van der Waals surface area contributed by atoms with E-state index in [4.69, 9.17) is 5.11 Å². The summed E-state index contributed by atoms with van der Waals surface area (Å²) < 4.78 is 53.5. The van der Waals surface area contributed by atoms with Crippen LogP contribution in [-0.4, -0.2) is 22.0 Å². The summed E-state index contributed by atoms with van der Waals surface area (Å²) in [5, 5.41) is 12.2. The molecular formula is C26H20F4N2O3. The van der Waals surface area contributed by atoms with E-state index in [0.29, 0.717) is 22.1 Å². The predicted octanol–water partition coefficient (Wildman–Crippen LogP) is 6.36. The number of amides is 1. The van der Waals surface area contributed by atoms with Crippen molar-refractivity contribution in [1.29, 1.82) is 0 Å². The van der Waals surface area contributed by atoms with Gasteiger partial charge in [0, 0.05) is 22.7 Å². The van der Waals surface area contributed by atoms with Gasteiger partial charge in [0.05, 0.1) is 22.2 Å². The van der Waals surface area contributed by atoms with Crippen LogP contribution < -0.4 is 5.32 Å². The highest BCUT2D eigenvalue weighted by Crippen LogP contribution is 2.34. The number of fused-ring (bicyclic) bond motifs is 1. The number of aromatic nitrogens is 1. The van der Waals surface area contributed by atoms with Crippen LogP contribution in [0.3, 0.4) is 0 Å². The topological polar surface area (TPSA) is 82.2 Å². The maximum Gasteiger partial charge on any atom is 0.416 e. The first kappa shape index (κ1) is 24.0. The molecule has 5 nitrogen and oxygen atoms in total. The normalized spacial score (nSPS) is 12.1. The standard InChI is InChI=1S/C26H20F4N2O3/c1-25(2,17-7-5-15(6-8-17)24(34)35)32-23(33)16-11-19-20(13-31-22(19)21(27)12-16)14-3-9-18(10-4-14)26(28,29)30/h3-13,31H,1-2H3,(H,32,33)(H,34,35). The fourth-order valence-corrected chi connectivity index (χ4v) is 3.85. The monoisotopic (exact) mass is 484 g/mol. The summed E-state index contributed by atoms with van der Waals surface area (Å²) >= 11 is 0. The molecule has 0 aliphatic rings. The number of alkyl halides is 3. The summed E-state index contributed by atoms with van der Waals surface area (Å²) in [6, 6.07) is 13.0. The van der Waals surface area contributed by atoms with Gasteiger partial charge < -0.3 is 15.4 Å². The summed E-state index contributed by atoms with van der Waals surface area (Å²) in [6.45, 7) is 3.44. The first-order valence-corrected chi connectivity index (χ1v) is 10.5. The van der Waals surface area contributed by atoms with Crippen molar-refractivity contribution < 1.29 is 32.3 Å². The summed E-state index contributed by atoms with van der Waals surface area (Å²) in [6.07, 6.45) is -3.00. The van der Waals surface area contributed by atoms with E-state index in [2.05, 4.69) is 10.3 Å². The molecule has 0 aliphatic heterocycles. The van der Waals surface area contributed by atoms with Gasteiger partial charge >= 0.3 is 12.1 Å². The smallest absolute Gasteiger partial charge is 0.416 e. The molecule has 1 aromatic heterocycles. The second kappa shape index (κ2) is 8.57. The fourth-order valence-electron chi connectivity index (χ4n) is 3.85. The molecule has 35 heavy (non-hydrogen) atoms. The maximum atomic E-state index is 14.8. The Morgan fingerprint density at radius 3 is 2.06 bits per heavy atom. The Labute approximate surface area is 197 Å². The van der Waals surface area contributed by atoms with Gasteiger partial charge in [-0.15, -0.1) is 0 Å². The molecule has 0 saturated carbocycles. The Kier molecular flexibility index (Phi) is 5.88. The molecule has 0 bridgehead atoms. The number of hydrogen-bond acceptors (Lipinski definition) is 2. The third-order valence-corrected chi connectivity index (χ3v) is 5.81. The van der Waals surface area contributed by atoms with Gasteiger partial charge in [0.15, 0.2) is 0 Å². The highest BCUT2D eigenvalue weighted by atomic mass is 19.4. The molecule has 180 valence electrons. The third kappa shape index (κ3) is 4.75. The van der Waals surface area contributed by atoms with Gasteiger partial charge in [-0.1, -0.05) is 24.3 Å². The van der Waals surface area contributed by atoms with Crippen LogP contribution in [0, 0.1) is 5.82 Å². The van der Waals surface area contributed by atoms with E-state index in [1.54, 1.807) is 26.0 Å². The van der Waals surface area contributed by atoms with Crippen LogP contribution in [0.4, 0.5) is 17.6 Å². The van der Waals surface area contributed by atoms with Crippen LogP contribution in [0.5, 0.6) is 0 Å². The van der Waals surface area contributed by atoms with Gasteiger partial charge in [-0.3, -0.25) is 4.79 Å². The number of rotatable bonds is 5. The maximum absolute atomic E-state index is 14.8. The molecular weight excluding hydrogens is 464 g/mol. The van der Waals surface area contributed by atoms with Crippen molar-refractivity contribution in [3.05, 3.63) is 94.9 Å². The molecule has 9 heteroatoms. The molecule has 0 unspecified atom stereocenters. The Morgan fingerprint density at radius 2 is 1.49 bits per heavy atom. The first-order chi connectivity index (χ1) is 16.4. The highest BCUT2D eigenvalue weighted by Gasteiger charge is 2.30. The van der Waals surface area contributed by atoms with Gasteiger partial charge in [0.2, 0.25) is 0 Å². The van der Waals surface area contributed by atoms with Gasteiger partial charge in [-0.05, 0) is 61.4 Å². The fraction of sp³-hybridized carbons (Fsp3) is 0.154. The van der Waals surface area contributed by atoms with Gasteiger partial charge in [-0.25, -0.2) is 9.18 Å². The van der Waals surface area contributed by atoms with Crippen LogP contribution in [-0.2, 0) is 11.7 Å². The number of benzene rings is 3. The van der Waals surface area contributed by atoms with Crippen molar-refractivity contribution in [3.63, 3.8) is 0 Å². The second-order valence-corrected chi connectivity index (χ2v) is 8.62. The molecule has 3 N–H and O–H groups in total. The van der Waals surface area contributed by atoms with Crippen molar-refractivity contribution >= 4 is 22.8 Å². The second-order valence-electron chi connectivity index (χ2n) is 8.62. The zero-order valence-corrected chi connectivity index (χ0v) is 18.6. The van der Waals surface area contributed by atoms with Crippen molar-refractivity contribution in [2.75, 3.05) is 0 Å². The zero-order chi connectivity index (χ0) is 25.5. The SMILES string of the molecule is CC(C)(NC(=O)c1cc(F)c2[nH]cc(-c3ccc(C(F)(F)F)cc3)c2c1)c1ccc(C(=O)O)cc1. The molecule has 0 radical (unpaired) electrons. The number of carbonyl (C=O) groups excluding carboxylic acids is 1. The summed E-state index contributed by atoms with van der Waals surface area (Å²) in [7, 11) is 0. The number of nitrogens with one attached hydrogen (secondary N) is 2. The number of H-pyrrole nitrogens is 1. The molecule has 0 fully saturated rings. The largest absolute Gasteiger partial charge is 0.478 e. The van der Waals surface area contributed by atoms with E-state index in [9.17, 15) is 27.2 Å². The molecule has 1 heterocycles. The van der Waals surface area contributed by atoms with E-state index < -0.39 is 35.0 Å². The van der Waals surface area contributed by atoms with E-state index in [1.165, 1.54) is 36.5 Å². The Morgan fingerprint density at radius 1 is 0.886 bits per heavy atom. The lowest BCUT2D eigenvalue weighted by Gasteiger charge is -2.27.